The highest BCUT2D eigenvalue weighted by Gasteiger charge is 2.22. The molecule has 0 unspecified atom stereocenters. The average Bonchev–Trinajstić information content (AvgIpc) is 2.86. The maximum absolute atomic E-state index is 9.02. The second-order valence-electron chi connectivity index (χ2n) is 5.31. The van der Waals surface area contributed by atoms with Crippen LogP contribution in [0.1, 0.15) is 19.3 Å². The Bertz CT molecular complexity index is 771. The number of hydrogen-bond acceptors (Lipinski definition) is 4. The smallest absolute Gasteiger partial charge is 0.132 e. The number of hydrogen-bond donors (Lipinski definition) is 0. The fourth-order valence-corrected chi connectivity index (χ4v) is 3.86. The molecule has 0 saturated carbocycles. The first-order chi connectivity index (χ1) is 10.7. The van der Waals surface area contributed by atoms with Gasteiger partial charge < -0.3 is 4.90 Å². The van der Waals surface area contributed by atoms with Crippen LogP contribution in [0, 0.1) is 22.7 Å². The summed E-state index contributed by atoms with van der Waals surface area (Å²) in [6, 6.07) is 12.3. The Morgan fingerprint density at radius 3 is 2.73 bits per heavy atom. The summed E-state index contributed by atoms with van der Waals surface area (Å²) in [4.78, 5) is 3.45. The zero-order valence-electron chi connectivity index (χ0n) is 12.3. The predicted octanol–water partition coefficient (Wildman–Crippen LogP) is 4.52. The van der Waals surface area contributed by atoms with Crippen LogP contribution in [0.25, 0.3) is 0 Å². The second-order valence-corrected chi connectivity index (χ2v) is 6.37. The molecule has 3 rings (SSSR count). The maximum Gasteiger partial charge on any atom is 0.132 e. The van der Waals surface area contributed by atoms with Crippen LogP contribution in [0.3, 0.4) is 0 Å². The van der Waals surface area contributed by atoms with Crippen LogP contribution in [0.2, 0.25) is 0 Å². The van der Waals surface area contributed by atoms with Gasteiger partial charge in [0.05, 0.1) is 10.7 Å². The number of benzene rings is 1. The lowest BCUT2D eigenvalue weighted by atomic mass is 9.92. The Morgan fingerprint density at radius 1 is 1.23 bits per heavy atom. The summed E-state index contributed by atoms with van der Waals surface area (Å²) in [5.41, 5.74) is 3.52. The van der Waals surface area contributed by atoms with Gasteiger partial charge in [-0.2, -0.15) is 10.5 Å². The van der Waals surface area contributed by atoms with Gasteiger partial charge in [-0.25, -0.2) is 0 Å². The molecule has 2 aliphatic rings. The van der Waals surface area contributed by atoms with Crippen LogP contribution in [0.15, 0.2) is 63.1 Å². The van der Waals surface area contributed by atoms with Crippen molar-refractivity contribution in [3.05, 3.63) is 58.2 Å². The Balaban J connectivity index is 1.93. The summed E-state index contributed by atoms with van der Waals surface area (Å²) in [5, 5.41) is 19.2. The maximum atomic E-state index is 9.02. The molecule has 108 valence electrons. The molecule has 1 heterocycles. The van der Waals surface area contributed by atoms with Gasteiger partial charge in [0, 0.05) is 11.9 Å². The molecular formula is C18H15N3S. The zero-order valence-corrected chi connectivity index (χ0v) is 13.2. The number of nitrogens with zero attached hydrogens (tertiary/aromatic N) is 3. The third kappa shape index (κ3) is 2.66. The van der Waals surface area contributed by atoms with Crippen LogP contribution in [-0.2, 0) is 0 Å². The summed E-state index contributed by atoms with van der Waals surface area (Å²) in [6.07, 6.45) is 6.97. The molecule has 22 heavy (non-hydrogen) atoms. The number of thioether (sulfide) groups is 1. The minimum Gasteiger partial charge on any atom is -0.338 e. The quantitative estimate of drug-likeness (QED) is 0.716. The summed E-state index contributed by atoms with van der Waals surface area (Å²) in [5.74, 6) is 0. The van der Waals surface area contributed by atoms with Crippen LogP contribution in [0.5, 0.6) is 0 Å². The van der Waals surface area contributed by atoms with Crippen LogP contribution in [-0.4, -0.2) is 7.05 Å². The molecule has 4 heteroatoms. The largest absolute Gasteiger partial charge is 0.338 e. The van der Waals surface area contributed by atoms with Gasteiger partial charge >= 0.3 is 0 Å². The van der Waals surface area contributed by atoms with Gasteiger partial charge in [-0.3, -0.25) is 0 Å². The average molecular weight is 305 g/mol. The van der Waals surface area contributed by atoms with Crippen LogP contribution < -0.4 is 4.90 Å². The van der Waals surface area contributed by atoms with Gasteiger partial charge in [0.25, 0.3) is 0 Å². The molecule has 0 saturated heterocycles. The molecule has 0 N–H and O–H groups in total. The van der Waals surface area contributed by atoms with E-state index in [0.717, 1.165) is 24.8 Å². The molecule has 1 aliphatic heterocycles. The standard InChI is InChI=1S/C18H15N3S/c1-21-16-7-2-3-8-17(16)22-18(21)10-13-5-4-6-14(9-13)15(11-19)12-20/h2-3,7-10H,4-6H2,1H3/b18-10-. The van der Waals surface area contributed by atoms with E-state index >= 15 is 0 Å². The topological polar surface area (TPSA) is 50.8 Å². The fourth-order valence-electron chi connectivity index (χ4n) is 2.74. The number of fused-ring (bicyclic) bond motifs is 1. The summed E-state index contributed by atoms with van der Waals surface area (Å²) < 4.78 is 0. The van der Waals surface area contributed by atoms with Crippen molar-refractivity contribution < 1.29 is 0 Å². The third-order valence-electron chi connectivity index (χ3n) is 3.90. The van der Waals surface area contributed by atoms with E-state index in [0.29, 0.717) is 0 Å². The van der Waals surface area contributed by atoms with E-state index in [9.17, 15) is 0 Å². The molecule has 0 spiro atoms. The monoisotopic (exact) mass is 305 g/mol. The highest BCUT2D eigenvalue weighted by atomic mass is 32.2. The highest BCUT2D eigenvalue weighted by Crippen LogP contribution is 2.45. The van der Waals surface area contributed by atoms with E-state index in [-0.39, 0.29) is 5.57 Å². The van der Waals surface area contributed by atoms with E-state index < -0.39 is 0 Å². The first kappa shape index (κ1) is 14.5. The van der Waals surface area contributed by atoms with Gasteiger partial charge in [0.2, 0.25) is 0 Å². The van der Waals surface area contributed by atoms with Crippen molar-refractivity contribution in [2.45, 2.75) is 24.2 Å². The SMILES string of the molecule is CN1/C(=C/C2=CC(=C(C#N)C#N)CCC2)Sc2ccccc21. The second kappa shape index (κ2) is 6.13. The van der Waals surface area contributed by atoms with E-state index in [1.165, 1.54) is 21.2 Å². The highest BCUT2D eigenvalue weighted by molar-refractivity contribution is 8.03. The van der Waals surface area contributed by atoms with E-state index in [4.69, 9.17) is 10.5 Å². The molecule has 0 fully saturated rings. The van der Waals surface area contributed by atoms with Crippen molar-refractivity contribution in [3.63, 3.8) is 0 Å². The molecule has 3 nitrogen and oxygen atoms in total. The van der Waals surface area contributed by atoms with Crippen molar-refractivity contribution in [1.29, 1.82) is 10.5 Å². The summed E-state index contributed by atoms with van der Waals surface area (Å²) >= 11 is 1.76. The van der Waals surface area contributed by atoms with Gasteiger partial charge in [-0.1, -0.05) is 30.0 Å². The molecule has 0 aromatic heterocycles. The lowest BCUT2D eigenvalue weighted by Crippen LogP contribution is -2.10. The number of rotatable bonds is 1. The summed E-state index contributed by atoms with van der Waals surface area (Å²) in [7, 11) is 2.07. The van der Waals surface area contributed by atoms with E-state index in [2.05, 4.69) is 36.2 Å². The normalized spacial score (nSPS) is 18.5. The van der Waals surface area contributed by atoms with Gasteiger partial charge in [-0.05, 0) is 48.6 Å². The molecule has 1 aromatic carbocycles. The zero-order chi connectivity index (χ0) is 15.5. The number of nitriles is 2. The van der Waals surface area contributed by atoms with Crippen molar-refractivity contribution >= 4 is 17.4 Å². The van der Waals surface area contributed by atoms with Crippen molar-refractivity contribution in [3.8, 4) is 12.1 Å². The van der Waals surface area contributed by atoms with Crippen molar-refractivity contribution in [2.75, 3.05) is 11.9 Å². The Hall–Kier alpha value is -2.43. The molecule has 0 amide bonds. The Labute approximate surface area is 134 Å². The number of para-hydroxylation sites is 1. The van der Waals surface area contributed by atoms with Crippen molar-refractivity contribution in [1.82, 2.24) is 0 Å². The number of anilines is 1. The van der Waals surface area contributed by atoms with Crippen LogP contribution >= 0.6 is 11.8 Å². The Morgan fingerprint density at radius 2 is 2.00 bits per heavy atom. The lowest BCUT2D eigenvalue weighted by molar-refractivity contribution is 0.794. The molecule has 0 radical (unpaired) electrons. The minimum absolute atomic E-state index is 0.242. The number of allylic oxidation sites excluding steroid dienone is 5. The molecule has 0 atom stereocenters. The van der Waals surface area contributed by atoms with Crippen LogP contribution in [0.4, 0.5) is 5.69 Å². The lowest BCUT2D eigenvalue weighted by Gasteiger charge is -2.16. The van der Waals surface area contributed by atoms with Gasteiger partial charge in [0.1, 0.15) is 17.7 Å². The third-order valence-corrected chi connectivity index (χ3v) is 5.06. The molecule has 1 aliphatic carbocycles. The molecule has 0 bridgehead atoms. The molecule has 1 aromatic rings. The predicted molar refractivity (Wildman–Crippen MR) is 89.0 cm³/mol. The first-order valence-corrected chi connectivity index (χ1v) is 8.01. The minimum atomic E-state index is 0.242. The van der Waals surface area contributed by atoms with Crippen molar-refractivity contribution in [2.24, 2.45) is 0 Å². The first-order valence-electron chi connectivity index (χ1n) is 7.19. The fraction of sp³-hybridized carbons (Fsp3) is 0.222. The van der Waals surface area contributed by atoms with E-state index in [1.807, 2.05) is 24.3 Å². The van der Waals surface area contributed by atoms with Gasteiger partial charge in [-0.15, -0.1) is 0 Å². The Kier molecular flexibility index (Phi) is 4.04. The summed E-state index contributed by atoms with van der Waals surface area (Å²) in [6.45, 7) is 0. The molecular weight excluding hydrogens is 290 g/mol. The van der Waals surface area contributed by atoms with E-state index in [1.54, 1.807) is 11.8 Å². The van der Waals surface area contributed by atoms with Gasteiger partial charge in [0.15, 0.2) is 0 Å².